The molecule has 4 heteroatoms. The Morgan fingerprint density at radius 3 is 1.40 bits per heavy atom. The Labute approximate surface area is 149 Å². The SMILES string of the molecule is CCNC(=O)C(Cc1ccccc1)(Cc1ccccc1)C(=O)NCC. The van der Waals surface area contributed by atoms with Gasteiger partial charge in [-0.05, 0) is 37.8 Å². The van der Waals surface area contributed by atoms with Crippen molar-refractivity contribution in [3.63, 3.8) is 0 Å². The Morgan fingerprint density at radius 1 is 0.720 bits per heavy atom. The fourth-order valence-electron chi connectivity index (χ4n) is 3.03. The molecule has 2 aromatic carbocycles. The molecule has 0 radical (unpaired) electrons. The molecule has 2 N–H and O–H groups in total. The first kappa shape index (κ1) is 18.7. The van der Waals surface area contributed by atoms with E-state index in [1.165, 1.54) is 0 Å². The number of hydrogen-bond acceptors (Lipinski definition) is 2. The highest BCUT2D eigenvalue weighted by molar-refractivity contribution is 6.05. The molecule has 0 saturated carbocycles. The summed E-state index contributed by atoms with van der Waals surface area (Å²) in [6.07, 6.45) is 0.723. The van der Waals surface area contributed by atoms with E-state index in [2.05, 4.69) is 10.6 Å². The van der Waals surface area contributed by atoms with E-state index in [9.17, 15) is 9.59 Å². The summed E-state index contributed by atoms with van der Waals surface area (Å²) < 4.78 is 0. The normalized spacial score (nSPS) is 11.0. The van der Waals surface area contributed by atoms with Crippen molar-refractivity contribution >= 4 is 11.8 Å². The highest BCUT2D eigenvalue weighted by Gasteiger charge is 2.45. The molecule has 0 aliphatic carbocycles. The van der Waals surface area contributed by atoms with Gasteiger partial charge in [0.15, 0.2) is 0 Å². The maximum Gasteiger partial charge on any atom is 0.236 e. The summed E-state index contributed by atoms with van der Waals surface area (Å²) in [5.74, 6) is -0.456. The molecule has 0 aliphatic heterocycles. The van der Waals surface area contributed by atoms with Gasteiger partial charge in [0.25, 0.3) is 0 Å². The van der Waals surface area contributed by atoms with Gasteiger partial charge in [0.1, 0.15) is 5.41 Å². The zero-order chi connectivity index (χ0) is 18.1. The second-order valence-corrected chi connectivity index (χ2v) is 6.13. The van der Waals surface area contributed by atoms with E-state index in [0.29, 0.717) is 25.9 Å². The molecule has 0 spiro atoms. The summed E-state index contributed by atoms with van der Waals surface area (Å²) in [4.78, 5) is 26.0. The smallest absolute Gasteiger partial charge is 0.236 e. The van der Waals surface area contributed by atoms with Crippen LogP contribution in [0.15, 0.2) is 60.7 Å². The number of rotatable bonds is 8. The van der Waals surface area contributed by atoms with Crippen LogP contribution in [0.1, 0.15) is 25.0 Å². The van der Waals surface area contributed by atoms with Crippen LogP contribution < -0.4 is 10.6 Å². The van der Waals surface area contributed by atoms with Crippen molar-refractivity contribution in [1.29, 1.82) is 0 Å². The minimum Gasteiger partial charge on any atom is -0.355 e. The minimum atomic E-state index is -1.17. The Bertz CT molecular complexity index is 622. The monoisotopic (exact) mass is 338 g/mol. The first-order chi connectivity index (χ1) is 12.1. The van der Waals surface area contributed by atoms with E-state index in [1.54, 1.807) is 0 Å². The van der Waals surface area contributed by atoms with Crippen LogP contribution in [-0.4, -0.2) is 24.9 Å². The standard InChI is InChI=1S/C21H26N2O2/c1-3-22-19(24)21(20(25)23-4-2,15-17-11-7-5-8-12-17)16-18-13-9-6-10-14-18/h5-14H,3-4,15-16H2,1-2H3,(H,22,24)(H,23,25). The van der Waals surface area contributed by atoms with Crippen LogP contribution in [-0.2, 0) is 22.4 Å². The van der Waals surface area contributed by atoms with Gasteiger partial charge >= 0.3 is 0 Å². The lowest BCUT2D eigenvalue weighted by molar-refractivity contribution is -0.143. The van der Waals surface area contributed by atoms with Gasteiger partial charge in [-0.15, -0.1) is 0 Å². The predicted octanol–water partition coefficient (Wildman–Crippen LogP) is 2.73. The Balaban J connectivity index is 2.47. The van der Waals surface area contributed by atoms with E-state index in [4.69, 9.17) is 0 Å². The van der Waals surface area contributed by atoms with E-state index < -0.39 is 5.41 Å². The first-order valence-electron chi connectivity index (χ1n) is 8.77. The molecule has 0 aliphatic rings. The van der Waals surface area contributed by atoms with E-state index in [1.807, 2.05) is 74.5 Å². The summed E-state index contributed by atoms with van der Waals surface area (Å²) >= 11 is 0. The largest absolute Gasteiger partial charge is 0.355 e. The summed E-state index contributed by atoms with van der Waals surface area (Å²) in [5, 5.41) is 5.73. The molecule has 0 atom stereocenters. The quantitative estimate of drug-likeness (QED) is 0.727. The van der Waals surface area contributed by atoms with Crippen LogP contribution >= 0.6 is 0 Å². The topological polar surface area (TPSA) is 58.2 Å². The molecule has 2 aromatic rings. The number of carbonyl (C=O) groups excluding carboxylic acids is 2. The van der Waals surface area contributed by atoms with Crippen LogP contribution in [0, 0.1) is 5.41 Å². The van der Waals surface area contributed by atoms with Crippen LogP contribution in [0.3, 0.4) is 0 Å². The maximum absolute atomic E-state index is 13.0. The van der Waals surface area contributed by atoms with Gasteiger partial charge in [-0.2, -0.15) is 0 Å². The summed E-state index contributed by atoms with van der Waals surface area (Å²) in [6, 6.07) is 19.4. The minimum absolute atomic E-state index is 0.228. The molecule has 4 nitrogen and oxygen atoms in total. The third kappa shape index (κ3) is 4.69. The lowest BCUT2D eigenvalue weighted by Gasteiger charge is -2.31. The number of carbonyl (C=O) groups is 2. The lowest BCUT2D eigenvalue weighted by atomic mass is 9.74. The second kappa shape index (κ2) is 9.02. The molecule has 132 valence electrons. The number of benzene rings is 2. The Morgan fingerprint density at radius 2 is 1.08 bits per heavy atom. The zero-order valence-electron chi connectivity index (χ0n) is 14.9. The summed E-state index contributed by atoms with van der Waals surface area (Å²) in [6.45, 7) is 4.71. The zero-order valence-corrected chi connectivity index (χ0v) is 14.9. The average Bonchev–Trinajstić information content (AvgIpc) is 2.63. The van der Waals surface area contributed by atoms with Crippen molar-refractivity contribution in [2.75, 3.05) is 13.1 Å². The van der Waals surface area contributed by atoms with E-state index in [0.717, 1.165) is 11.1 Å². The molecule has 0 heterocycles. The Kier molecular flexibility index (Phi) is 6.75. The van der Waals surface area contributed by atoms with Crippen molar-refractivity contribution < 1.29 is 9.59 Å². The van der Waals surface area contributed by atoms with Gasteiger partial charge in [0.05, 0.1) is 0 Å². The molecule has 0 saturated heterocycles. The van der Waals surface area contributed by atoms with Crippen LogP contribution in [0.25, 0.3) is 0 Å². The van der Waals surface area contributed by atoms with Crippen molar-refractivity contribution in [2.24, 2.45) is 5.41 Å². The molecule has 2 rings (SSSR count). The number of nitrogens with one attached hydrogen (secondary N) is 2. The van der Waals surface area contributed by atoms with Gasteiger partial charge < -0.3 is 10.6 Å². The van der Waals surface area contributed by atoms with Gasteiger partial charge in [-0.25, -0.2) is 0 Å². The van der Waals surface area contributed by atoms with Crippen LogP contribution in [0.4, 0.5) is 0 Å². The fraction of sp³-hybridized carbons (Fsp3) is 0.333. The highest BCUT2D eigenvalue weighted by atomic mass is 16.2. The Hall–Kier alpha value is -2.62. The first-order valence-corrected chi connectivity index (χ1v) is 8.77. The van der Waals surface area contributed by atoms with Crippen LogP contribution in [0.5, 0.6) is 0 Å². The van der Waals surface area contributed by atoms with E-state index in [-0.39, 0.29) is 11.8 Å². The van der Waals surface area contributed by atoms with Crippen molar-refractivity contribution in [3.8, 4) is 0 Å². The van der Waals surface area contributed by atoms with E-state index >= 15 is 0 Å². The molecule has 0 aromatic heterocycles. The number of amides is 2. The predicted molar refractivity (Wildman–Crippen MR) is 100 cm³/mol. The van der Waals surface area contributed by atoms with Crippen molar-refractivity contribution in [1.82, 2.24) is 10.6 Å². The molecule has 0 unspecified atom stereocenters. The van der Waals surface area contributed by atoms with Gasteiger partial charge in [0, 0.05) is 13.1 Å². The molecule has 2 amide bonds. The maximum atomic E-state index is 13.0. The molecule has 25 heavy (non-hydrogen) atoms. The molecule has 0 bridgehead atoms. The van der Waals surface area contributed by atoms with Gasteiger partial charge in [0.2, 0.25) is 11.8 Å². The van der Waals surface area contributed by atoms with Crippen LogP contribution in [0.2, 0.25) is 0 Å². The van der Waals surface area contributed by atoms with Gasteiger partial charge in [-0.1, -0.05) is 60.7 Å². The average molecular weight is 338 g/mol. The lowest BCUT2D eigenvalue weighted by Crippen LogP contribution is -2.54. The molecular weight excluding hydrogens is 312 g/mol. The summed E-state index contributed by atoms with van der Waals surface area (Å²) in [5.41, 5.74) is 0.765. The third-order valence-electron chi connectivity index (χ3n) is 4.24. The highest BCUT2D eigenvalue weighted by Crippen LogP contribution is 2.29. The molecule has 0 fully saturated rings. The third-order valence-corrected chi connectivity index (χ3v) is 4.24. The summed E-state index contributed by atoms with van der Waals surface area (Å²) in [7, 11) is 0. The van der Waals surface area contributed by atoms with Crippen molar-refractivity contribution in [2.45, 2.75) is 26.7 Å². The van der Waals surface area contributed by atoms with Crippen molar-refractivity contribution in [3.05, 3.63) is 71.8 Å². The molecular formula is C21H26N2O2. The number of hydrogen-bond donors (Lipinski definition) is 2. The fourth-order valence-corrected chi connectivity index (χ4v) is 3.03. The van der Waals surface area contributed by atoms with Gasteiger partial charge in [-0.3, -0.25) is 9.59 Å². The second-order valence-electron chi connectivity index (χ2n) is 6.13.